The molecule has 0 aromatic carbocycles. The predicted molar refractivity (Wildman–Crippen MR) is 168 cm³/mol. The second-order valence-electron chi connectivity index (χ2n) is 14.1. The van der Waals surface area contributed by atoms with Crippen LogP contribution in [0.4, 0.5) is 0 Å². The molecule has 3 heteroatoms. The van der Waals surface area contributed by atoms with Gasteiger partial charge in [0.05, 0.1) is 6.10 Å². The van der Waals surface area contributed by atoms with Crippen molar-refractivity contribution < 1.29 is 14.6 Å². The van der Waals surface area contributed by atoms with Gasteiger partial charge in [-0.15, -0.1) is 0 Å². The summed E-state index contributed by atoms with van der Waals surface area (Å²) in [6, 6.07) is 0. The van der Waals surface area contributed by atoms with Gasteiger partial charge in [-0.25, -0.2) is 0 Å². The molecular formula is C35H72O3. The van der Waals surface area contributed by atoms with Crippen LogP contribution in [-0.4, -0.2) is 31.2 Å². The second kappa shape index (κ2) is 24.7. The van der Waals surface area contributed by atoms with E-state index in [9.17, 15) is 5.11 Å². The Morgan fingerprint density at radius 2 is 0.816 bits per heavy atom. The first-order valence-electron chi connectivity index (χ1n) is 16.9. The van der Waals surface area contributed by atoms with E-state index in [2.05, 4.69) is 55.4 Å². The minimum absolute atomic E-state index is 0.167. The van der Waals surface area contributed by atoms with Crippen LogP contribution in [-0.2, 0) is 9.47 Å². The maximum Gasteiger partial charge on any atom is 0.146 e. The van der Waals surface area contributed by atoms with Crippen molar-refractivity contribution in [3.63, 3.8) is 0 Å². The molecule has 0 aliphatic carbocycles. The van der Waals surface area contributed by atoms with E-state index < -0.39 is 0 Å². The van der Waals surface area contributed by atoms with Crippen molar-refractivity contribution in [2.75, 3.05) is 20.0 Å². The monoisotopic (exact) mass is 541 g/mol. The van der Waals surface area contributed by atoms with Gasteiger partial charge in [0.2, 0.25) is 0 Å². The highest BCUT2D eigenvalue weighted by Gasteiger charge is 2.19. The third-order valence-corrected chi connectivity index (χ3v) is 8.37. The zero-order valence-electron chi connectivity index (χ0n) is 27.6. The summed E-state index contributed by atoms with van der Waals surface area (Å²) in [6.45, 7) is 23.3. The average Bonchev–Trinajstić information content (AvgIpc) is 2.78. The Morgan fingerprint density at radius 3 is 1.26 bits per heavy atom. The van der Waals surface area contributed by atoms with Gasteiger partial charge in [0.1, 0.15) is 6.79 Å². The maximum absolute atomic E-state index is 9.63. The summed E-state index contributed by atoms with van der Waals surface area (Å²) in [7, 11) is 0. The van der Waals surface area contributed by atoms with Crippen molar-refractivity contribution in [1.29, 1.82) is 0 Å². The Hall–Kier alpha value is -0.120. The molecule has 0 saturated heterocycles. The molecule has 0 spiro atoms. The lowest BCUT2D eigenvalue weighted by atomic mass is 9.80. The molecule has 0 bridgehead atoms. The van der Waals surface area contributed by atoms with Crippen LogP contribution in [0.5, 0.6) is 0 Å². The van der Waals surface area contributed by atoms with Gasteiger partial charge in [0, 0.05) is 13.2 Å². The number of aliphatic hydroxyl groups is 1. The number of unbranched alkanes of at least 4 members (excludes halogenated alkanes) is 5. The van der Waals surface area contributed by atoms with Gasteiger partial charge in [0.25, 0.3) is 0 Å². The maximum atomic E-state index is 9.63. The molecule has 0 saturated carbocycles. The molecule has 0 aromatic rings. The molecule has 0 radical (unpaired) electrons. The first-order valence-corrected chi connectivity index (χ1v) is 16.9. The Kier molecular flexibility index (Phi) is 24.6. The van der Waals surface area contributed by atoms with Crippen molar-refractivity contribution in [2.45, 2.75) is 165 Å². The highest BCUT2D eigenvalue weighted by Crippen LogP contribution is 2.30. The summed E-state index contributed by atoms with van der Waals surface area (Å²) in [5.74, 6) is 5.39. The van der Waals surface area contributed by atoms with E-state index in [1.165, 1.54) is 83.5 Å². The van der Waals surface area contributed by atoms with Crippen molar-refractivity contribution in [3.05, 3.63) is 0 Å². The molecule has 0 amide bonds. The van der Waals surface area contributed by atoms with E-state index in [4.69, 9.17) is 9.47 Å². The van der Waals surface area contributed by atoms with Crippen LogP contribution >= 0.6 is 0 Å². The van der Waals surface area contributed by atoms with Crippen LogP contribution in [0.25, 0.3) is 0 Å². The molecule has 1 N–H and O–H groups in total. The van der Waals surface area contributed by atoms with E-state index in [1.54, 1.807) is 0 Å². The molecular weight excluding hydrogens is 468 g/mol. The molecule has 0 heterocycles. The van der Waals surface area contributed by atoms with E-state index in [1.807, 2.05) is 6.92 Å². The Balaban J connectivity index is 3.84. The molecule has 0 fully saturated rings. The highest BCUT2D eigenvalue weighted by atomic mass is 16.7. The van der Waals surface area contributed by atoms with Crippen molar-refractivity contribution in [2.24, 2.45) is 41.4 Å². The smallest absolute Gasteiger partial charge is 0.146 e. The SMILES string of the molecule is CCCCCCCCOCOCCCC(C)CC(C)CC(C)CC(C)CC(C)CC(C)CC(C)CC(C)O. The largest absolute Gasteiger partial charge is 0.393 e. The zero-order valence-corrected chi connectivity index (χ0v) is 27.6. The van der Waals surface area contributed by atoms with E-state index in [-0.39, 0.29) is 6.10 Å². The van der Waals surface area contributed by atoms with Gasteiger partial charge in [-0.1, -0.05) is 87.5 Å². The topological polar surface area (TPSA) is 38.7 Å². The minimum atomic E-state index is -0.167. The normalized spacial score (nSPS) is 18.5. The summed E-state index contributed by atoms with van der Waals surface area (Å²) in [6.07, 6.45) is 19.0. The third kappa shape index (κ3) is 24.9. The second-order valence-corrected chi connectivity index (χ2v) is 14.1. The lowest BCUT2D eigenvalue weighted by Crippen LogP contribution is -2.15. The molecule has 0 rings (SSSR count). The van der Waals surface area contributed by atoms with Crippen molar-refractivity contribution in [3.8, 4) is 0 Å². The predicted octanol–water partition coefficient (Wildman–Crippen LogP) is 10.7. The Labute approximate surface area is 240 Å². The fraction of sp³-hybridized carbons (Fsp3) is 1.00. The summed E-state index contributed by atoms with van der Waals surface area (Å²) >= 11 is 0. The van der Waals surface area contributed by atoms with Crippen LogP contribution in [0.2, 0.25) is 0 Å². The van der Waals surface area contributed by atoms with E-state index in [0.717, 1.165) is 61.6 Å². The van der Waals surface area contributed by atoms with Gasteiger partial charge in [-0.2, -0.15) is 0 Å². The number of rotatable bonds is 27. The molecule has 38 heavy (non-hydrogen) atoms. The number of aliphatic hydroxyl groups excluding tert-OH is 1. The lowest BCUT2D eigenvalue weighted by Gasteiger charge is -2.26. The number of ether oxygens (including phenoxy) is 2. The average molecular weight is 541 g/mol. The van der Waals surface area contributed by atoms with Crippen LogP contribution in [0.1, 0.15) is 159 Å². The summed E-state index contributed by atoms with van der Waals surface area (Å²) in [5.41, 5.74) is 0. The van der Waals surface area contributed by atoms with Crippen LogP contribution in [0.3, 0.4) is 0 Å². The first-order chi connectivity index (χ1) is 18.0. The van der Waals surface area contributed by atoms with E-state index >= 15 is 0 Å². The fourth-order valence-corrected chi connectivity index (χ4v) is 7.09. The quantitative estimate of drug-likeness (QED) is 0.0831. The standard InChI is InChI=1S/C35H72O3/c1-10-11-12-13-14-15-18-37-27-38-19-16-17-28(2)20-29(3)21-30(4)22-31(5)23-32(6)24-33(7)25-34(8)26-35(9)36/h28-36H,10-27H2,1-9H3. The van der Waals surface area contributed by atoms with Crippen molar-refractivity contribution >= 4 is 0 Å². The van der Waals surface area contributed by atoms with Gasteiger partial charge >= 0.3 is 0 Å². The zero-order chi connectivity index (χ0) is 28.8. The van der Waals surface area contributed by atoms with Gasteiger partial charge in [0.15, 0.2) is 0 Å². The van der Waals surface area contributed by atoms with Crippen molar-refractivity contribution in [1.82, 2.24) is 0 Å². The Morgan fingerprint density at radius 1 is 0.447 bits per heavy atom. The lowest BCUT2D eigenvalue weighted by molar-refractivity contribution is -0.0561. The van der Waals surface area contributed by atoms with E-state index in [0.29, 0.717) is 12.7 Å². The highest BCUT2D eigenvalue weighted by molar-refractivity contribution is 4.70. The molecule has 8 atom stereocenters. The van der Waals surface area contributed by atoms with Crippen LogP contribution in [0, 0.1) is 41.4 Å². The first kappa shape index (κ1) is 37.9. The van der Waals surface area contributed by atoms with Gasteiger partial charge < -0.3 is 14.6 Å². The molecule has 8 unspecified atom stereocenters. The summed E-state index contributed by atoms with van der Waals surface area (Å²) in [4.78, 5) is 0. The molecule has 0 aromatic heterocycles. The fourth-order valence-electron chi connectivity index (χ4n) is 7.09. The van der Waals surface area contributed by atoms with Crippen LogP contribution in [0.15, 0.2) is 0 Å². The molecule has 230 valence electrons. The molecule has 0 aliphatic heterocycles. The molecule has 3 nitrogen and oxygen atoms in total. The number of hydrogen-bond donors (Lipinski definition) is 1. The third-order valence-electron chi connectivity index (χ3n) is 8.37. The minimum Gasteiger partial charge on any atom is -0.393 e. The van der Waals surface area contributed by atoms with Gasteiger partial charge in [-0.05, 0) is 113 Å². The Bertz CT molecular complexity index is 494. The van der Waals surface area contributed by atoms with Crippen LogP contribution < -0.4 is 0 Å². The number of hydrogen-bond acceptors (Lipinski definition) is 3. The van der Waals surface area contributed by atoms with Gasteiger partial charge in [-0.3, -0.25) is 0 Å². The molecule has 0 aliphatic rings. The summed E-state index contributed by atoms with van der Waals surface area (Å²) in [5, 5.41) is 9.63. The summed E-state index contributed by atoms with van der Waals surface area (Å²) < 4.78 is 11.3.